The Morgan fingerprint density at radius 3 is 2.21 bits per heavy atom. The van der Waals surface area contributed by atoms with Crippen molar-refractivity contribution in [2.45, 2.75) is 30.6 Å². The predicted octanol–water partition coefficient (Wildman–Crippen LogP) is -2.89. The van der Waals surface area contributed by atoms with Crippen LogP contribution in [0, 0.1) is 0 Å². The van der Waals surface area contributed by atoms with Crippen LogP contribution in [-0.4, -0.2) is 75.0 Å². The lowest BCUT2D eigenvalue weighted by Crippen LogP contribution is -2.62. The molecule has 7 nitrogen and oxygen atoms in total. The van der Waals surface area contributed by atoms with E-state index in [4.69, 9.17) is 15.1 Å². The quantitative estimate of drug-likeness (QED) is 0.310. The van der Waals surface area contributed by atoms with Gasteiger partial charge >= 0.3 is 0 Å². The Balaban J connectivity index is 2.74. The van der Waals surface area contributed by atoms with Crippen molar-refractivity contribution in [3.05, 3.63) is 0 Å². The Morgan fingerprint density at radius 2 is 1.79 bits per heavy atom. The van der Waals surface area contributed by atoms with Crippen LogP contribution in [0.2, 0.25) is 0 Å². The summed E-state index contributed by atoms with van der Waals surface area (Å²) in [5.41, 5.74) is 0. The van der Waals surface area contributed by atoms with Gasteiger partial charge in [-0.1, -0.05) is 0 Å². The Hall–Kier alpha value is -0.280. The molecule has 84 valence electrons. The summed E-state index contributed by atoms with van der Waals surface area (Å²) >= 11 is 0. The second-order valence-corrected chi connectivity index (χ2v) is 3.29. The molecule has 5 N–H and O–H groups in total. The first-order chi connectivity index (χ1) is 6.49. The third-order valence-electron chi connectivity index (χ3n) is 2.30. The van der Waals surface area contributed by atoms with Crippen LogP contribution >= 0.6 is 0 Å². The fraction of sp³-hybridized carbons (Fsp3) is 1.00. The number of aliphatic hydroxyl groups excluding tert-OH is 4. The smallest absolute Gasteiger partial charge is 0.175 e. The van der Waals surface area contributed by atoms with Crippen molar-refractivity contribution in [2.24, 2.45) is 0 Å². The summed E-state index contributed by atoms with van der Waals surface area (Å²) in [7, 11) is 1.21. The van der Waals surface area contributed by atoms with E-state index < -0.39 is 37.3 Å². The number of aliphatic hydroxyl groups is 4. The second kappa shape index (κ2) is 4.49. The Bertz CT molecular complexity index is 189. The maximum Gasteiger partial charge on any atom is 0.175 e. The van der Waals surface area contributed by atoms with E-state index in [0.29, 0.717) is 5.06 Å². The van der Waals surface area contributed by atoms with Crippen LogP contribution in [0.1, 0.15) is 0 Å². The van der Waals surface area contributed by atoms with E-state index in [1.165, 1.54) is 7.05 Å². The molecule has 1 saturated heterocycles. The van der Waals surface area contributed by atoms with Gasteiger partial charge in [-0.3, -0.25) is 0 Å². The van der Waals surface area contributed by atoms with Crippen LogP contribution in [0.25, 0.3) is 0 Å². The Labute approximate surface area is 80.7 Å². The van der Waals surface area contributed by atoms with Crippen LogP contribution in [0.5, 0.6) is 0 Å². The van der Waals surface area contributed by atoms with Crippen molar-refractivity contribution < 1.29 is 30.4 Å². The lowest BCUT2D eigenvalue weighted by atomic mass is 9.97. The molecule has 0 aliphatic carbocycles. The lowest BCUT2D eigenvalue weighted by molar-refractivity contribution is -0.304. The maximum atomic E-state index is 9.48. The van der Waals surface area contributed by atoms with Crippen molar-refractivity contribution in [1.82, 2.24) is 5.06 Å². The summed E-state index contributed by atoms with van der Waals surface area (Å²) in [6.45, 7) is -0.517. The molecule has 1 rings (SSSR count). The number of hydrogen-bond acceptors (Lipinski definition) is 7. The molecule has 0 bridgehead atoms. The van der Waals surface area contributed by atoms with Crippen LogP contribution in [0.15, 0.2) is 0 Å². The largest absolute Gasteiger partial charge is 0.394 e. The lowest BCUT2D eigenvalue weighted by Gasteiger charge is -2.41. The highest BCUT2D eigenvalue weighted by Gasteiger charge is 2.45. The minimum absolute atomic E-state index is 0.517. The number of hydrogen-bond donors (Lipinski definition) is 5. The standard InChI is InChI=1S/C7H15NO6/c1-8(13)4-6(11)5(10)3(2-9)14-7(4)12/h3-7,9-13H,2H2,1H3/t3-,4-,5-,6-,7-/m1/s1. The number of ether oxygens (including phenoxy) is 1. The van der Waals surface area contributed by atoms with Crippen molar-refractivity contribution in [1.29, 1.82) is 0 Å². The molecule has 0 aromatic carbocycles. The maximum absolute atomic E-state index is 9.48. The fourth-order valence-corrected chi connectivity index (χ4v) is 1.49. The van der Waals surface area contributed by atoms with Crippen molar-refractivity contribution in [3.8, 4) is 0 Å². The Kier molecular flexibility index (Phi) is 3.78. The van der Waals surface area contributed by atoms with Crippen LogP contribution in [-0.2, 0) is 4.74 Å². The average Bonchev–Trinajstić information content (AvgIpc) is 2.10. The molecule has 0 spiro atoms. The summed E-state index contributed by atoms with van der Waals surface area (Å²) < 4.78 is 4.79. The summed E-state index contributed by atoms with van der Waals surface area (Å²) in [5, 5.41) is 46.5. The first-order valence-corrected chi connectivity index (χ1v) is 4.21. The molecule has 0 aromatic heterocycles. The molecule has 0 aromatic rings. The van der Waals surface area contributed by atoms with Gasteiger partial charge < -0.3 is 30.4 Å². The van der Waals surface area contributed by atoms with Gasteiger partial charge in [0, 0.05) is 7.05 Å². The molecule has 1 aliphatic heterocycles. The van der Waals surface area contributed by atoms with Crippen molar-refractivity contribution in [2.75, 3.05) is 13.7 Å². The van der Waals surface area contributed by atoms with Gasteiger partial charge in [0.05, 0.1) is 6.61 Å². The van der Waals surface area contributed by atoms with Gasteiger partial charge in [-0.2, -0.15) is 5.06 Å². The van der Waals surface area contributed by atoms with Gasteiger partial charge in [-0.15, -0.1) is 0 Å². The zero-order valence-corrected chi connectivity index (χ0v) is 7.69. The van der Waals surface area contributed by atoms with Crippen molar-refractivity contribution in [3.63, 3.8) is 0 Å². The first kappa shape index (κ1) is 11.8. The van der Waals surface area contributed by atoms with Gasteiger partial charge in [-0.05, 0) is 0 Å². The predicted molar refractivity (Wildman–Crippen MR) is 43.3 cm³/mol. The summed E-state index contributed by atoms with van der Waals surface area (Å²) in [4.78, 5) is 0. The molecule has 0 unspecified atom stereocenters. The normalized spacial score (nSPS) is 44.4. The molecule has 0 amide bonds. The molecule has 0 radical (unpaired) electrons. The molecule has 0 saturated carbocycles. The number of nitrogens with zero attached hydrogens (tertiary/aromatic N) is 1. The molecular formula is C7H15NO6. The monoisotopic (exact) mass is 209 g/mol. The van der Waals surface area contributed by atoms with E-state index >= 15 is 0 Å². The van der Waals surface area contributed by atoms with E-state index in [1.54, 1.807) is 0 Å². The van der Waals surface area contributed by atoms with E-state index in [2.05, 4.69) is 0 Å². The highest BCUT2D eigenvalue weighted by atomic mass is 16.6. The minimum Gasteiger partial charge on any atom is -0.394 e. The SMILES string of the molecule is CN(O)[C@@H]1[C@@H](O)[C@H](O)[C@@H](CO)O[C@H]1O. The fourth-order valence-electron chi connectivity index (χ4n) is 1.49. The molecule has 1 aliphatic rings. The molecular weight excluding hydrogens is 194 g/mol. The van der Waals surface area contributed by atoms with E-state index in [-0.39, 0.29) is 0 Å². The van der Waals surface area contributed by atoms with Crippen molar-refractivity contribution >= 4 is 0 Å². The molecule has 14 heavy (non-hydrogen) atoms. The van der Waals surface area contributed by atoms with Gasteiger partial charge in [0.2, 0.25) is 0 Å². The third-order valence-corrected chi connectivity index (χ3v) is 2.30. The molecule has 1 fully saturated rings. The highest BCUT2D eigenvalue weighted by Crippen LogP contribution is 2.22. The van der Waals surface area contributed by atoms with Gasteiger partial charge in [0.25, 0.3) is 0 Å². The van der Waals surface area contributed by atoms with Gasteiger partial charge in [-0.25, -0.2) is 0 Å². The number of rotatable bonds is 2. The number of hydroxylamine groups is 2. The van der Waals surface area contributed by atoms with Crippen LogP contribution < -0.4 is 0 Å². The topological polar surface area (TPSA) is 114 Å². The highest BCUT2D eigenvalue weighted by molar-refractivity contribution is 4.91. The average molecular weight is 209 g/mol. The third kappa shape index (κ3) is 2.04. The van der Waals surface area contributed by atoms with E-state index in [9.17, 15) is 15.3 Å². The number of likely N-dealkylation sites (N-methyl/N-ethyl adjacent to an activating group) is 1. The van der Waals surface area contributed by atoms with E-state index in [1.807, 2.05) is 0 Å². The molecule has 1 heterocycles. The minimum atomic E-state index is -1.46. The van der Waals surface area contributed by atoms with Crippen LogP contribution in [0.4, 0.5) is 0 Å². The van der Waals surface area contributed by atoms with E-state index in [0.717, 1.165) is 0 Å². The second-order valence-electron chi connectivity index (χ2n) is 3.29. The summed E-state index contributed by atoms with van der Waals surface area (Å²) in [6, 6.07) is -1.13. The zero-order valence-electron chi connectivity index (χ0n) is 7.69. The van der Waals surface area contributed by atoms with Gasteiger partial charge in [0.15, 0.2) is 6.29 Å². The van der Waals surface area contributed by atoms with Crippen LogP contribution in [0.3, 0.4) is 0 Å². The molecule has 7 heteroatoms. The van der Waals surface area contributed by atoms with Gasteiger partial charge in [0.1, 0.15) is 24.4 Å². The summed E-state index contributed by atoms with van der Waals surface area (Å²) in [5.74, 6) is 0. The first-order valence-electron chi connectivity index (χ1n) is 4.21. The Morgan fingerprint density at radius 1 is 1.21 bits per heavy atom. The zero-order chi connectivity index (χ0) is 10.9. The summed E-state index contributed by atoms with van der Waals surface area (Å²) in [6.07, 6.45) is -5.23. The molecule has 5 atom stereocenters.